The Hall–Kier alpha value is -2.18. The lowest BCUT2D eigenvalue weighted by Gasteiger charge is -2.09. The molecule has 0 bridgehead atoms. The highest BCUT2D eigenvalue weighted by Crippen LogP contribution is 1.92. The van der Waals surface area contributed by atoms with Crippen LogP contribution >= 0.6 is 0 Å². The van der Waals surface area contributed by atoms with E-state index < -0.39 is 5.97 Å². The molecule has 80 heavy (non-hydrogen) atoms. The third-order valence-electron chi connectivity index (χ3n) is 9.42. The zero-order valence-electron chi connectivity index (χ0n) is 47.9. The van der Waals surface area contributed by atoms with Gasteiger partial charge in [-0.3, -0.25) is 4.79 Å². The van der Waals surface area contributed by atoms with Gasteiger partial charge in [-0.15, -0.1) is 0 Å². The van der Waals surface area contributed by atoms with Crippen LogP contribution in [0.4, 0.5) is 0 Å². The Labute approximate surface area is 474 Å². The first-order valence-electron chi connectivity index (χ1n) is 27.9. The smallest absolute Gasteiger partial charge is 0.305 e. The van der Waals surface area contributed by atoms with Crippen LogP contribution in [0.5, 0.6) is 0 Å². The maximum Gasteiger partial charge on any atom is 0.305 e. The summed E-state index contributed by atoms with van der Waals surface area (Å²) < 4.78 is 131. The number of rotatable bonds is 75. The molecule has 2 N–H and O–H groups in total. The zero-order chi connectivity index (χ0) is 57.3. The molecule has 0 radical (unpaired) electrons. The SMILES string of the molecule is N=[N+]=NCCOCCOCCOCCOCCOCCOCCOCCOCCOCCOCCOCCOCCOCCOCCOCCOCCOCCOCCOCCOCCOCCOCCOCCOCCC(=O)O. The van der Waals surface area contributed by atoms with Gasteiger partial charge in [-0.25, -0.2) is 0 Å². The molecule has 0 saturated heterocycles. The molecule has 0 aliphatic carbocycles. The van der Waals surface area contributed by atoms with Gasteiger partial charge in [0.15, 0.2) is 0 Å². The highest BCUT2D eigenvalue weighted by atomic mass is 16.6. The van der Waals surface area contributed by atoms with Crippen LogP contribution in [-0.4, -0.2) is 335 Å². The summed E-state index contributed by atoms with van der Waals surface area (Å²) in [7, 11) is 0. The fourth-order valence-corrected chi connectivity index (χ4v) is 5.47. The number of hydrogen-bond acceptors (Lipinski definition) is 27. The van der Waals surface area contributed by atoms with Crippen LogP contribution in [0.3, 0.4) is 0 Å². The predicted molar refractivity (Wildman–Crippen MR) is 284 cm³/mol. The summed E-state index contributed by atoms with van der Waals surface area (Å²) in [5, 5.41) is 12.0. The van der Waals surface area contributed by atoms with Crippen LogP contribution in [0.2, 0.25) is 0 Å². The third kappa shape index (κ3) is 75.8. The van der Waals surface area contributed by atoms with Crippen molar-refractivity contribution >= 4 is 5.97 Å². The molecule has 0 aliphatic heterocycles. The van der Waals surface area contributed by atoms with Gasteiger partial charge < -0.3 is 119 Å². The fraction of sp³-hybridized carbons (Fsp3) is 0.980. The van der Waals surface area contributed by atoms with E-state index in [0.29, 0.717) is 317 Å². The molecule has 0 fully saturated rings. The molecule has 0 saturated carbocycles. The number of carboxylic acid groups (broad SMARTS) is 1. The normalized spacial score (nSPS) is 11.6. The molecule has 29 heteroatoms. The molecule has 0 aromatic carbocycles. The Kier molecular flexibility index (Phi) is 72.8. The first-order chi connectivity index (χ1) is 39.8. The lowest BCUT2D eigenvalue weighted by molar-refractivity contribution is -0.138. The van der Waals surface area contributed by atoms with Gasteiger partial charge in [0.1, 0.15) is 17.2 Å². The Morgan fingerprint density at radius 2 is 0.338 bits per heavy atom. The van der Waals surface area contributed by atoms with Gasteiger partial charge in [0.05, 0.1) is 324 Å². The second kappa shape index (κ2) is 74.8. The van der Waals surface area contributed by atoms with Crippen LogP contribution in [0.1, 0.15) is 6.42 Å². The second-order valence-electron chi connectivity index (χ2n) is 15.8. The number of carbonyl (C=O) groups is 1. The first kappa shape index (κ1) is 77.8. The van der Waals surface area contributed by atoms with Crippen LogP contribution in [0.15, 0.2) is 5.11 Å². The Balaban J connectivity index is 3.08. The van der Waals surface area contributed by atoms with Crippen LogP contribution in [0, 0.1) is 5.53 Å². The van der Waals surface area contributed by atoms with Crippen molar-refractivity contribution in [3.8, 4) is 0 Å². The Morgan fingerprint density at radius 1 is 0.225 bits per heavy atom. The molecule has 0 rings (SSSR count). The molecular weight excluding hydrogens is 1070 g/mol. The summed E-state index contributed by atoms with van der Waals surface area (Å²) in [4.78, 5) is 13.3. The first-order valence-corrected chi connectivity index (χ1v) is 27.9. The van der Waals surface area contributed by atoms with Crippen molar-refractivity contribution in [1.29, 1.82) is 5.53 Å². The van der Waals surface area contributed by atoms with Crippen molar-refractivity contribution in [2.24, 2.45) is 5.11 Å². The average Bonchev–Trinajstić information content (AvgIpc) is 3.46. The van der Waals surface area contributed by atoms with E-state index in [1.54, 1.807) is 0 Å². The Bertz CT molecular complexity index is 1140. The molecule has 0 aliphatic rings. The molecule has 0 atom stereocenters. The minimum atomic E-state index is -0.880. The third-order valence-corrected chi connectivity index (χ3v) is 9.42. The van der Waals surface area contributed by atoms with Gasteiger partial charge in [0, 0.05) is 0 Å². The molecule has 0 unspecified atom stereocenters. The van der Waals surface area contributed by atoms with Crippen LogP contribution in [0.25, 0.3) is 0 Å². The highest BCUT2D eigenvalue weighted by molar-refractivity contribution is 5.66. The molecule has 476 valence electrons. The lowest BCUT2D eigenvalue weighted by Crippen LogP contribution is -2.16. The summed E-state index contributed by atoms with van der Waals surface area (Å²) in [5.41, 5.74) is 6.54. The van der Waals surface area contributed by atoms with Gasteiger partial charge >= 0.3 is 5.97 Å². The predicted octanol–water partition coefficient (Wildman–Crippen LogP) is 0.410. The number of ether oxygens (including phenoxy) is 24. The van der Waals surface area contributed by atoms with Crippen molar-refractivity contribution < 1.29 is 124 Å². The van der Waals surface area contributed by atoms with E-state index in [1.807, 2.05) is 0 Å². The zero-order valence-corrected chi connectivity index (χ0v) is 47.9. The van der Waals surface area contributed by atoms with E-state index in [4.69, 9.17) is 124 Å². The topological polar surface area (TPSA) is 309 Å². The van der Waals surface area contributed by atoms with Gasteiger partial charge in [-0.1, -0.05) is 0 Å². The minimum absolute atomic E-state index is 0.0104. The van der Waals surface area contributed by atoms with E-state index in [2.05, 4.69) is 10.0 Å². The number of nitrogens with zero attached hydrogens (tertiary/aromatic N) is 2. The molecular formula is C51H102N3O26+. The molecule has 0 spiro atoms. The molecule has 0 amide bonds. The summed E-state index contributed by atoms with van der Waals surface area (Å²) in [5.74, 6) is -0.880. The summed E-state index contributed by atoms with van der Waals surface area (Å²) in [6.07, 6.45) is -0.0104. The van der Waals surface area contributed by atoms with Gasteiger partial charge in [0.25, 0.3) is 0 Å². The van der Waals surface area contributed by atoms with Crippen molar-refractivity contribution in [3.63, 3.8) is 0 Å². The maximum atomic E-state index is 10.4. The molecule has 29 nitrogen and oxygen atoms in total. The molecule has 0 aromatic rings. The van der Waals surface area contributed by atoms with Gasteiger partial charge in [-0.2, -0.15) is 0 Å². The van der Waals surface area contributed by atoms with E-state index >= 15 is 0 Å². The number of aliphatic carboxylic acids is 1. The van der Waals surface area contributed by atoms with Crippen LogP contribution in [-0.2, 0) is 118 Å². The van der Waals surface area contributed by atoms with E-state index in [1.165, 1.54) is 0 Å². The van der Waals surface area contributed by atoms with Crippen molar-refractivity contribution in [2.75, 3.05) is 324 Å². The molecule has 0 heterocycles. The number of nitrogens with one attached hydrogen (secondary N) is 1. The summed E-state index contributed by atoms with van der Waals surface area (Å²) in [6.45, 7) is 22.8. The van der Waals surface area contributed by atoms with E-state index in [-0.39, 0.29) is 13.0 Å². The van der Waals surface area contributed by atoms with Gasteiger partial charge in [0.2, 0.25) is 4.91 Å². The number of carboxylic acids is 1. The van der Waals surface area contributed by atoms with Crippen LogP contribution < -0.4 is 4.91 Å². The standard InChI is InChI=1S/C51H101N3O26/c52-54-53-2-4-58-6-8-60-10-12-62-14-16-64-18-20-66-22-24-68-26-28-70-30-32-72-34-36-74-38-40-76-42-44-78-46-48-80-50-49-79-47-45-77-43-41-75-39-37-73-35-33-71-31-29-69-27-25-67-23-21-65-19-17-63-15-13-61-11-9-59-7-5-57-3-1-51(55)56/h52H,1-50H2/p+1. The highest BCUT2D eigenvalue weighted by Gasteiger charge is 2.01. The minimum Gasteiger partial charge on any atom is -0.481 e. The number of hydrogen-bond donors (Lipinski definition) is 2. The van der Waals surface area contributed by atoms with E-state index in [9.17, 15) is 4.79 Å². The van der Waals surface area contributed by atoms with E-state index in [0.717, 1.165) is 0 Å². The molecule has 0 aromatic heterocycles. The lowest BCUT2D eigenvalue weighted by atomic mass is 10.5. The van der Waals surface area contributed by atoms with Crippen molar-refractivity contribution in [2.45, 2.75) is 6.42 Å². The summed E-state index contributed by atoms with van der Waals surface area (Å²) in [6, 6.07) is 0. The monoisotopic (exact) mass is 1170 g/mol. The fourth-order valence-electron chi connectivity index (χ4n) is 5.47. The maximum absolute atomic E-state index is 10.4. The van der Waals surface area contributed by atoms with Crippen molar-refractivity contribution in [3.05, 3.63) is 0 Å². The average molecular weight is 1170 g/mol. The largest absolute Gasteiger partial charge is 0.481 e. The van der Waals surface area contributed by atoms with Crippen molar-refractivity contribution in [1.82, 2.24) is 4.91 Å². The Morgan fingerprint density at radius 3 is 0.450 bits per heavy atom. The quantitative estimate of drug-likeness (QED) is 0.0473. The second-order valence-corrected chi connectivity index (χ2v) is 15.8. The summed E-state index contributed by atoms with van der Waals surface area (Å²) >= 11 is 0. The van der Waals surface area contributed by atoms with Gasteiger partial charge in [-0.05, 0) is 0 Å².